The normalized spacial score (nSPS) is 18.9. The summed E-state index contributed by atoms with van der Waals surface area (Å²) >= 11 is 6.33. The molecule has 0 aliphatic carbocycles. The number of hydrogen-bond donors (Lipinski definition) is 0. The summed E-state index contributed by atoms with van der Waals surface area (Å²) in [5.74, 6) is 2.91. The van der Waals surface area contributed by atoms with Gasteiger partial charge in [0.2, 0.25) is 6.23 Å². The molecule has 0 N–H and O–H groups in total. The number of hydrogen-bond acceptors (Lipinski definition) is 6. The first kappa shape index (κ1) is 20.5. The first-order valence-corrected chi connectivity index (χ1v) is 10.7. The monoisotopic (exact) mass is 450 g/mol. The molecule has 2 atom stereocenters. The molecule has 2 aliphatic heterocycles. The van der Waals surface area contributed by atoms with E-state index in [1.807, 2.05) is 65.7 Å². The second kappa shape index (κ2) is 8.28. The van der Waals surface area contributed by atoms with Crippen molar-refractivity contribution in [3.63, 3.8) is 0 Å². The molecule has 164 valence electrons. The molecule has 0 radical (unpaired) electrons. The van der Waals surface area contributed by atoms with Crippen LogP contribution in [0, 0.1) is 0 Å². The number of nitrogens with zero attached hydrogens (tertiary/aromatic N) is 2. The summed E-state index contributed by atoms with van der Waals surface area (Å²) in [5.41, 5.74) is 3.93. The lowest BCUT2D eigenvalue weighted by atomic mass is 9.95. The van der Waals surface area contributed by atoms with Gasteiger partial charge in [0.1, 0.15) is 11.5 Å². The first-order valence-electron chi connectivity index (χ1n) is 10.3. The van der Waals surface area contributed by atoms with E-state index in [2.05, 4.69) is 0 Å². The van der Waals surface area contributed by atoms with Gasteiger partial charge in [0.15, 0.2) is 11.5 Å². The smallest absolute Gasteiger partial charge is 0.214 e. The van der Waals surface area contributed by atoms with Crippen molar-refractivity contribution >= 4 is 17.3 Å². The molecule has 0 unspecified atom stereocenters. The molecule has 32 heavy (non-hydrogen) atoms. The number of hydrazone groups is 1. The minimum absolute atomic E-state index is 0.00301. The number of halogens is 1. The summed E-state index contributed by atoms with van der Waals surface area (Å²) in [4.78, 5) is 0. The van der Waals surface area contributed by atoms with Gasteiger partial charge >= 0.3 is 0 Å². The Morgan fingerprint density at radius 1 is 0.938 bits per heavy atom. The van der Waals surface area contributed by atoms with Crippen LogP contribution in [0.25, 0.3) is 0 Å². The molecular weight excluding hydrogens is 428 g/mol. The van der Waals surface area contributed by atoms with E-state index < -0.39 is 6.23 Å². The maximum absolute atomic E-state index is 6.43. The maximum Gasteiger partial charge on any atom is 0.214 e. The van der Waals surface area contributed by atoms with Gasteiger partial charge in [-0.3, -0.25) is 0 Å². The van der Waals surface area contributed by atoms with E-state index in [1.54, 1.807) is 21.3 Å². The van der Waals surface area contributed by atoms with Crippen LogP contribution in [0.4, 0.5) is 0 Å². The minimum Gasteiger partial charge on any atom is -0.497 e. The Bertz CT molecular complexity index is 1200. The van der Waals surface area contributed by atoms with Crippen LogP contribution in [0.5, 0.6) is 23.0 Å². The highest BCUT2D eigenvalue weighted by Gasteiger charge is 2.41. The second-order valence-corrected chi connectivity index (χ2v) is 8.08. The lowest BCUT2D eigenvalue weighted by molar-refractivity contribution is -0.0191. The molecule has 0 bridgehead atoms. The summed E-state index contributed by atoms with van der Waals surface area (Å²) in [6.07, 6.45) is 0.310. The van der Waals surface area contributed by atoms with Gasteiger partial charge in [-0.15, -0.1) is 0 Å². The zero-order valence-corrected chi connectivity index (χ0v) is 18.8. The molecule has 3 aromatic rings. The van der Waals surface area contributed by atoms with Crippen LogP contribution in [0.2, 0.25) is 5.02 Å². The Kier molecular flexibility index (Phi) is 5.31. The van der Waals surface area contributed by atoms with Crippen molar-refractivity contribution in [2.24, 2.45) is 5.10 Å². The Morgan fingerprint density at radius 2 is 1.78 bits per heavy atom. The highest BCUT2D eigenvalue weighted by atomic mass is 35.5. The second-order valence-electron chi connectivity index (χ2n) is 7.65. The van der Waals surface area contributed by atoms with Crippen molar-refractivity contribution in [1.82, 2.24) is 5.01 Å². The number of ether oxygens (including phenoxy) is 4. The van der Waals surface area contributed by atoms with Gasteiger partial charge < -0.3 is 18.9 Å². The van der Waals surface area contributed by atoms with E-state index in [-0.39, 0.29) is 6.04 Å². The van der Waals surface area contributed by atoms with E-state index in [1.165, 1.54) is 0 Å². The Hall–Kier alpha value is -3.38. The van der Waals surface area contributed by atoms with E-state index in [4.69, 9.17) is 35.6 Å². The Labute approximate surface area is 191 Å². The molecule has 0 spiro atoms. The zero-order chi connectivity index (χ0) is 22.2. The molecule has 0 amide bonds. The highest BCUT2D eigenvalue weighted by Crippen LogP contribution is 2.49. The number of methoxy groups -OCH3 is 3. The van der Waals surface area contributed by atoms with Crippen molar-refractivity contribution in [2.45, 2.75) is 18.7 Å². The van der Waals surface area contributed by atoms with Crippen LogP contribution in [0.1, 0.15) is 35.4 Å². The minimum atomic E-state index is -0.420. The summed E-state index contributed by atoms with van der Waals surface area (Å²) in [7, 11) is 4.91. The van der Waals surface area contributed by atoms with Crippen LogP contribution in [0.15, 0.2) is 65.8 Å². The number of benzene rings is 3. The maximum atomic E-state index is 6.43. The molecule has 0 aromatic heterocycles. The fourth-order valence-corrected chi connectivity index (χ4v) is 4.44. The number of fused-ring (bicyclic) bond motifs is 3. The van der Waals surface area contributed by atoms with Crippen molar-refractivity contribution in [3.8, 4) is 23.0 Å². The SMILES string of the molecule is COc1cccc(C2=NN3[C@@H](C2)c2cc(Cl)ccc2O[C@H]3c2ccc(OC)c(OC)c2)c1. The molecule has 0 saturated carbocycles. The van der Waals surface area contributed by atoms with Gasteiger partial charge in [-0.2, -0.15) is 5.10 Å². The Morgan fingerprint density at radius 3 is 2.56 bits per heavy atom. The fourth-order valence-electron chi connectivity index (χ4n) is 4.26. The fraction of sp³-hybridized carbons (Fsp3) is 0.240. The van der Waals surface area contributed by atoms with E-state index in [9.17, 15) is 0 Å². The Balaban J connectivity index is 1.60. The molecule has 2 heterocycles. The zero-order valence-electron chi connectivity index (χ0n) is 18.0. The third kappa shape index (κ3) is 3.50. The van der Waals surface area contributed by atoms with Gasteiger partial charge in [0.25, 0.3) is 0 Å². The van der Waals surface area contributed by atoms with Crippen molar-refractivity contribution in [1.29, 1.82) is 0 Å². The first-order chi connectivity index (χ1) is 15.6. The largest absolute Gasteiger partial charge is 0.497 e. The third-order valence-electron chi connectivity index (χ3n) is 5.85. The molecule has 0 fully saturated rings. The average molecular weight is 451 g/mol. The topological polar surface area (TPSA) is 52.5 Å². The third-order valence-corrected chi connectivity index (χ3v) is 6.08. The van der Waals surface area contributed by atoms with Crippen LogP contribution in [0.3, 0.4) is 0 Å². The predicted molar refractivity (Wildman–Crippen MR) is 123 cm³/mol. The standard InChI is InChI=1S/C25H23ClN2O4/c1-29-18-6-4-5-15(11-18)20-14-21-19-13-17(26)8-10-22(19)32-25(28(21)27-20)16-7-9-23(30-2)24(12-16)31-3/h4-13,21,25H,14H2,1-3H3/t21-,25-/m0/s1. The van der Waals surface area contributed by atoms with Crippen molar-refractivity contribution in [2.75, 3.05) is 21.3 Å². The molecule has 6 nitrogen and oxygen atoms in total. The molecule has 5 rings (SSSR count). The van der Waals surface area contributed by atoms with Crippen LogP contribution in [-0.2, 0) is 0 Å². The predicted octanol–water partition coefficient (Wildman–Crippen LogP) is 5.61. The summed E-state index contributed by atoms with van der Waals surface area (Å²) in [6, 6.07) is 19.5. The quantitative estimate of drug-likeness (QED) is 0.505. The molecular formula is C25H23ClN2O4. The molecule has 0 saturated heterocycles. The van der Waals surface area contributed by atoms with Crippen molar-refractivity contribution in [3.05, 3.63) is 82.4 Å². The van der Waals surface area contributed by atoms with E-state index in [0.717, 1.165) is 40.3 Å². The van der Waals surface area contributed by atoms with E-state index in [0.29, 0.717) is 16.5 Å². The van der Waals surface area contributed by atoms with Crippen LogP contribution in [-0.4, -0.2) is 32.0 Å². The molecule has 7 heteroatoms. The average Bonchev–Trinajstić information content (AvgIpc) is 3.29. The molecule has 3 aromatic carbocycles. The lowest BCUT2D eigenvalue weighted by Gasteiger charge is -2.38. The number of rotatable bonds is 5. The van der Waals surface area contributed by atoms with Gasteiger partial charge in [0.05, 0.1) is 33.1 Å². The van der Waals surface area contributed by atoms with E-state index >= 15 is 0 Å². The van der Waals surface area contributed by atoms with Crippen LogP contribution >= 0.6 is 11.6 Å². The van der Waals surface area contributed by atoms with Crippen molar-refractivity contribution < 1.29 is 18.9 Å². The summed E-state index contributed by atoms with van der Waals surface area (Å²) < 4.78 is 22.7. The molecule has 2 aliphatic rings. The van der Waals surface area contributed by atoms with Gasteiger partial charge in [-0.25, -0.2) is 5.01 Å². The van der Waals surface area contributed by atoms with Gasteiger partial charge in [-0.05, 0) is 48.5 Å². The summed E-state index contributed by atoms with van der Waals surface area (Å²) in [5, 5.41) is 7.68. The van der Waals surface area contributed by atoms with Gasteiger partial charge in [0, 0.05) is 28.1 Å². The van der Waals surface area contributed by atoms with Crippen LogP contribution < -0.4 is 18.9 Å². The lowest BCUT2D eigenvalue weighted by Crippen LogP contribution is -2.33. The highest BCUT2D eigenvalue weighted by molar-refractivity contribution is 6.30. The summed E-state index contributed by atoms with van der Waals surface area (Å²) in [6.45, 7) is 0. The van der Waals surface area contributed by atoms with Gasteiger partial charge in [-0.1, -0.05) is 23.7 Å².